The van der Waals surface area contributed by atoms with E-state index in [2.05, 4.69) is 5.32 Å². The summed E-state index contributed by atoms with van der Waals surface area (Å²) in [5.74, 6) is 0.613. The van der Waals surface area contributed by atoms with E-state index in [4.69, 9.17) is 4.74 Å². The zero-order valence-electron chi connectivity index (χ0n) is 17.9. The fourth-order valence-electron chi connectivity index (χ4n) is 2.96. The summed E-state index contributed by atoms with van der Waals surface area (Å²) < 4.78 is 5.72. The van der Waals surface area contributed by atoms with E-state index in [-0.39, 0.29) is 17.9 Å². The SMILES string of the molecule is Cc1ccc(OCCCC(=O)N(Cc2ccccc2)[C@H](C)C(=O)NC(C)C)cc1. The van der Waals surface area contributed by atoms with Gasteiger partial charge in [-0.05, 0) is 51.8 Å². The minimum Gasteiger partial charge on any atom is -0.494 e. The van der Waals surface area contributed by atoms with Crippen molar-refractivity contribution in [1.82, 2.24) is 10.2 Å². The molecule has 5 heteroatoms. The molecule has 0 radical (unpaired) electrons. The quantitative estimate of drug-likeness (QED) is 0.615. The molecule has 0 aliphatic heterocycles. The predicted octanol–water partition coefficient (Wildman–Crippen LogP) is 4.10. The molecule has 0 heterocycles. The van der Waals surface area contributed by atoms with E-state index in [9.17, 15) is 9.59 Å². The van der Waals surface area contributed by atoms with Crippen LogP contribution >= 0.6 is 0 Å². The first kappa shape index (κ1) is 22.5. The lowest BCUT2D eigenvalue weighted by Crippen LogP contribution is -2.49. The maximum atomic E-state index is 12.9. The molecule has 2 rings (SSSR count). The van der Waals surface area contributed by atoms with E-state index in [0.29, 0.717) is 26.0 Å². The smallest absolute Gasteiger partial charge is 0.242 e. The molecule has 0 spiro atoms. The summed E-state index contributed by atoms with van der Waals surface area (Å²) in [5, 5.41) is 2.90. The molecule has 0 aliphatic rings. The van der Waals surface area contributed by atoms with E-state index >= 15 is 0 Å². The lowest BCUT2D eigenvalue weighted by atomic mass is 10.1. The van der Waals surface area contributed by atoms with Gasteiger partial charge < -0.3 is 15.0 Å². The highest BCUT2D eigenvalue weighted by atomic mass is 16.5. The van der Waals surface area contributed by atoms with Crippen LogP contribution in [0.1, 0.15) is 44.7 Å². The molecule has 0 fully saturated rings. The third-order valence-corrected chi connectivity index (χ3v) is 4.62. The molecule has 0 aromatic heterocycles. The van der Waals surface area contributed by atoms with Crippen LogP contribution in [0.4, 0.5) is 0 Å². The number of carbonyl (C=O) groups excluding carboxylic acids is 2. The van der Waals surface area contributed by atoms with Gasteiger partial charge in [-0.2, -0.15) is 0 Å². The van der Waals surface area contributed by atoms with Crippen LogP contribution in [0.15, 0.2) is 54.6 Å². The Balaban J connectivity index is 1.95. The number of carbonyl (C=O) groups is 2. The standard InChI is InChI=1S/C24H32N2O3/c1-18(2)25-24(28)20(4)26(17-21-9-6-5-7-10-21)23(27)11-8-16-29-22-14-12-19(3)13-15-22/h5-7,9-10,12-15,18,20H,8,11,16-17H2,1-4H3,(H,25,28)/t20-/m1/s1. The van der Waals surface area contributed by atoms with Crippen molar-refractivity contribution in [2.45, 2.75) is 59.2 Å². The van der Waals surface area contributed by atoms with Gasteiger partial charge in [0.15, 0.2) is 0 Å². The van der Waals surface area contributed by atoms with Crippen LogP contribution in [0.5, 0.6) is 5.75 Å². The minimum atomic E-state index is -0.539. The minimum absolute atomic E-state index is 0.0292. The number of rotatable bonds is 10. The number of nitrogens with one attached hydrogen (secondary N) is 1. The lowest BCUT2D eigenvalue weighted by molar-refractivity contribution is -0.141. The van der Waals surface area contributed by atoms with E-state index in [1.807, 2.05) is 75.4 Å². The number of hydrogen-bond acceptors (Lipinski definition) is 3. The average Bonchev–Trinajstić information content (AvgIpc) is 2.70. The Bertz CT molecular complexity index is 772. The molecule has 5 nitrogen and oxygen atoms in total. The number of aryl methyl sites for hydroxylation is 1. The van der Waals surface area contributed by atoms with E-state index in [0.717, 1.165) is 11.3 Å². The molecule has 0 bridgehead atoms. The lowest BCUT2D eigenvalue weighted by Gasteiger charge is -2.29. The second-order valence-electron chi connectivity index (χ2n) is 7.61. The second-order valence-corrected chi connectivity index (χ2v) is 7.61. The molecule has 0 unspecified atom stereocenters. The van der Waals surface area contributed by atoms with Crippen molar-refractivity contribution in [3.63, 3.8) is 0 Å². The number of amides is 2. The molecular formula is C24H32N2O3. The van der Waals surface area contributed by atoms with Gasteiger partial charge in [0.1, 0.15) is 11.8 Å². The maximum absolute atomic E-state index is 12.9. The average molecular weight is 397 g/mol. The van der Waals surface area contributed by atoms with Crippen LogP contribution in [0.25, 0.3) is 0 Å². The topological polar surface area (TPSA) is 58.6 Å². The van der Waals surface area contributed by atoms with Crippen LogP contribution in [0, 0.1) is 6.92 Å². The first-order valence-electron chi connectivity index (χ1n) is 10.2. The molecule has 156 valence electrons. The molecule has 2 aromatic rings. The van der Waals surface area contributed by atoms with Crippen molar-refractivity contribution < 1.29 is 14.3 Å². The molecule has 29 heavy (non-hydrogen) atoms. The number of ether oxygens (including phenoxy) is 1. The molecule has 1 atom stereocenters. The van der Waals surface area contributed by atoms with Gasteiger partial charge in [-0.25, -0.2) is 0 Å². The number of benzene rings is 2. The molecule has 2 amide bonds. The monoisotopic (exact) mass is 396 g/mol. The van der Waals surface area contributed by atoms with Gasteiger partial charge in [-0.1, -0.05) is 48.0 Å². The van der Waals surface area contributed by atoms with Gasteiger partial charge >= 0.3 is 0 Å². The first-order chi connectivity index (χ1) is 13.9. The third-order valence-electron chi connectivity index (χ3n) is 4.62. The Kier molecular flexibility index (Phi) is 8.71. The van der Waals surface area contributed by atoms with Crippen LogP contribution in [-0.2, 0) is 16.1 Å². The fourth-order valence-corrected chi connectivity index (χ4v) is 2.96. The van der Waals surface area contributed by atoms with Crippen LogP contribution < -0.4 is 10.1 Å². The van der Waals surface area contributed by atoms with Gasteiger partial charge in [0.25, 0.3) is 0 Å². The van der Waals surface area contributed by atoms with E-state index in [1.165, 1.54) is 5.56 Å². The van der Waals surface area contributed by atoms with E-state index in [1.54, 1.807) is 11.8 Å². The summed E-state index contributed by atoms with van der Waals surface area (Å²) in [6.45, 7) is 8.50. The zero-order chi connectivity index (χ0) is 21.2. The van der Waals surface area contributed by atoms with Crippen molar-refractivity contribution in [3.8, 4) is 5.75 Å². The summed E-state index contributed by atoms with van der Waals surface area (Å²) in [7, 11) is 0. The van der Waals surface area contributed by atoms with Crippen LogP contribution in [-0.4, -0.2) is 35.4 Å². The second kappa shape index (κ2) is 11.2. The van der Waals surface area contributed by atoms with Gasteiger partial charge in [0.05, 0.1) is 6.61 Å². The number of nitrogens with zero attached hydrogens (tertiary/aromatic N) is 1. The zero-order valence-corrected chi connectivity index (χ0v) is 17.9. The molecule has 2 aromatic carbocycles. The molecule has 0 saturated heterocycles. The predicted molar refractivity (Wildman–Crippen MR) is 116 cm³/mol. The van der Waals surface area contributed by atoms with Crippen molar-refractivity contribution in [1.29, 1.82) is 0 Å². The Labute approximate surface area is 174 Å². The Morgan fingerprint density at radius 1 is 1.00 bits per heavy atom. The maximum Gasteiger partial charge on any atom is 0.242 e. The summed E-state index contributed by atoms with van der Waals surface area (Å²) in [4.78, 5) is 27.1. The van der Waals surface area contributed by atoms with Crippen molar-refractivity contribution in [2.75, 3.05) is 6.61 Å². The van der Waals surface area contributed by atoms with Crippen molar-refractivity contribution in [3.05, 3.63) is 65.7 Å². The Morgan fingerprint density at radius 3 is 2.28 bits per heavy atom. The van der Waals surface area contributed by atoms with Crippen molar-refractivity contribution >= 4 is 11.8 Å². The number of hydrogen-bond donors (Lipinski definition) is 1. The van der Waals surface area contributed by atoms with Crippen LogP contribution in [0.3, 0.4) is 0 Å². The Hall–Kier alpha value is -2.82. The molecule has 1 N–H and O–H groups in total. The third kappa shape index (κ3) is 7.60. The van der Waals surface area contributed by atoms with Crippen molar-refractivity contribution in [2.24, 2.45) is 0 Å². The van der Waals surface area contributed by atoms with Gasteiger partial charge in [-0.15, -0.1) is 0 Å². The molecule has 0 aliphatic carbocycles. The van der Waals surface area contributed by atoms with Gasteiger partial charge in [0.2, 0.25) is 11.8 Å². The van der Waals surface area contributed by atoms with Gasteiger partial charge in [-0.3, -0.25) is 9.59 Å². The van der Waals surface area contributed by atoms with E-state index < -0.39 is 6.04 Å². The van der Waals surface area contributed by atoms with Gasteiger partial charge in [0, 0.05) is 19.0 Å². The normalized spacial score (nSPS) is 11.8. The highest BCUT2D eigenvalue weighted by molar-refractivity contribution is 5.87. The summed E-state index contributed by atoms with van der Waals surface area (Å²) in [6.07, 6.45) is 0.925. The highest BCUT2D eigenvalue weighted by Crippen LogP contribution is 2.14. The summed E-state index contributed by atoms with van der Waals surface area (Å²) in [5.41, 5.74) is 2.18. The Morgan fingerprint density at radius 2 is 1.66 bits per heavy atom. The highest BCUT2D eigenvalue weighted by Gasteiger charge is 2.26. The van der Waals surface area contributed by atoms with Crippen LogP contribution in [0.2, 0.25) is 0 Å². The first-order valence-corrected chi connectivity index (χ1v) is 10.2. The largest absolute Gasteiger partial charge is 0.494 e. The summed E-state index contributed by atoms with van der Waals surface area (Å²) in [6, 6.07) is 17.1. The summed E-state index contributed by atoms with van der Waals surface area (Å²) >= 11 is 0. The fraction of sp³-hybridized carbons (Fsp3) is 0.417. The molecule has 0 saturated carbocycles. The molecular weight excluding hydrogens is 364 g/mol.